The molecule has 7 nitrogen and oxygen atoms in total. The van der Waals surface area contributed by atoms with Gasteiger partial charge in [-0.05, 0) is 12.2 Å². The maximum Gasteiger partial charge on any atom is 0.309 e. The summed E-state index contributed by atoms with van der Waals surface area (Å²) >= 11 is 0. The molecule has 0 aromatic heterocycles. The zero-order valence-electron chi connectivity index (χ0n) is 9.02. The van der Waals surface area contributed by atoms with Crippen LogP contribution in [0.1, 0.15) is 0 Å². The molecule has 0 aromatic rings. The number of rotatable bonds is 2. The first kappa shape index (κ1) is 23.3. The summed E-state index contributed by atoms with van der Waals surface area (Å²) in [7, 11) is 0. The van der Waals surface area contributed by atoms with E-state index in [-0.39, 0.29) is 0 Å². The Morgan fingerprint density at radius 3 is 0.812 bits per heavy atom. The minimum Gasteiger partial charge on any atom is -0.366 e. The van der Waals surface area contributed by atoms with Crippen molar-refractivity contribution in [3.8, 4) is 0 Å². The topological polar surface area (TPSA) is 155 Å². The van der Waals surface area contributed by atoms with Gasteiger partial charge in [0, 0.05) is 0 Å². The molecule has 0 radical (unpaired) electrons. The molecule has 0 aliphatic heterocycles. The van der Waals surface area contributed by atoms with E-state index in [0.717, 1.165) is 12.2 Å². The zero-order valence-corrected chi connectivity index (χ0v) is 9.02. The van der Waals surface area contributed by atoms with Crippen LogP contribution in [0.5, 0.6) is 0 Å². The number of carbonyl (C=O) groups is 3. The average Bonchev–Trinajstić information content (AvgIpc) is 2.20. The van der Waals surface area contributed by atoms with Gasteiger partial charge < -0.3 is 22.9 Å². The molecular formula is C9H18N4O3. The van der Waals surface area contributed by atoms with Gasteiger partial charge in [0.05, 0.1) is 0 Å². The van der Waals surface area contributed by atoms with Gasteiger partial charge in [-0.15, -0.1) is 13.2 Å². The normalized spacial score (nSPS) is 5.75. The number of nitrogens with two attached hydrogens (primary N) is 4. The van der Waals surface area contributed by atoms with E-state index in [1.54, 1.807) is 0 Å². The van der Waals surface area contributed by atoms with Crippen LogP contribution in [0.4, 0.5) is 4.79 Å². The highest BCUT2D eigenvalue weighted by Crippen LogP contribution is 1.49. The van der Waals surface area contributed by atoms with Crippen LogP contribution in [0, 0.1) is 0 Å². The fraction of sp³-hybridized carbons (Fsp3) is 0. The first-order chi connectivity index (χ1) is 7.27. The van der Waals surface area contributed by atoms with Crippen molar-refractivity contribution in [2.45, 2.75) is 0 Å². The third kappa shape index (κ3) is 608. The number of amides is 4. The van der Waals surface area contributed by atoms with Gasteiger partial charge in [-0.2, -0.15) is 0 Å². The van der Waals surface area contributed by atoms with Crippen LogP contribution < -0.4 is 22.9 Å². The van der Waals surface area contributed by atoms with Crippen molar-refractivity contribution in [3.63, 3.8) is 0 Å². The maximum atomic E-state index is 9.47. The van der Waals surface area contributed by atoms with Crippen molar-refractivity contribution in [1.82, 2.24) is 0 Å². The Morgan fingerprint density at radius 1 is 0.750 bits per heavy atom. The molecule has 0 rings (SSSR count). The van der Waals surface area contributed by atoms with Crippen LogP contribution in [0.15, 0.2) is 38.5 Å². The first-order valence-corrected chi connectivity index (χ1v) is 3.66. The Labute approximate surface area is 94.5 Å². The summed E-state index contributed by atoms with van der Waals surface area (Å²) in [6.07, 6.45) is 2.11. The van der Waals surface area contributed by atoms with Crippen LogP contribution in [0.3, 0.4) is 0 Å². The van der Waals surface area contributed by atoms with Crippen LogP contribution in [0.25, 0.3) is 0 Å². The molecule has 0 saturated carbocycles. The highest BCUT2D eigenvalue weighted by molar-refractivity contribution is 5.85. The summed E-state index contributed by atoms with van der Waals surface area (Å²) in [5, 5.41) is 0. The summed E-state index contributed by atoms with van der Waals surface area (Å²) in [5.41, 5.74) is 17.6. The van der Waals surface area contributed by atoms with Gasteiger partial charge in [-0.25, -0.2) is 4.79 Å². The van der Waals surface area contributed by atoms with Crippen molar-refractivity contribution in [1.29, 1.82) is 0 Å². The molecule has 0 bridgehead atoms. The van der Waals surface area contributed by atoms with E-state index in [1.165, 1.54) is 0 Å². The molecule has 0 unspecified atom stereocenters. The van der Waals surface area contributed by atoms with Crippen LogP contribution in [0.2, 0.25) is 0 Å². The third-order valence-corrected chi connectivity index (χ3v) is 0.402. The molecule has 0 fully saturated rings. The zero-order chi connectivity index (χ0) is 14.1. The van der Waals surface area contributed by atoms with Gasteiger partial charge >= 0.3 is 6.03 Å². The minimum absolute atomic E-state index is 0.481. The molecule has 7 heteroatoms. The third-order valence-electron chi connectivity index (χ3n) is 0.402. The summed E-state index contributed by atoms with van der Waals surface area (Å²) in [5.74, 6) is -0.963. The molecule has 0 aliphatic carbocycles. The Hall–Kier alpha value is -2.57. The van der Waals surface area contributed by atoms with E-state index in [9.17, 15) is 9.59 Å². The largest absolute Gasteiger partial charge is 0.366 e. The highest BCUT2D eigenvalue weighted by atomic mass is 16.2. The van der Waals surface area contributed by atoms with E-state index in [1.807, 2.05) is 0 Å². The second-order valence-corrected chi connectivity index (χ2v) is 1.62. The van der Waals surface area contributed by atoms with Crippen LogP contribution in [-0.4, -0.2) is 17.8 Å². The standard InChI is InChI=1S/2C3H5NO.C2H4.CH4N2O/c2*1-2-3(4)5;1-2;2-1(3)4/h2*2H,1H2,(H2,4,5);1-2H2;(H4,2,3,4). The van der Waals surface area contributed by atoms with Gasteiger partial charge in [0.15, 0.2) is 0 Å². The smallest absolute Gasteiger partial charge is 0.309 e. The molecular weight excluding hydrogens is 212 g/mol. The molecule has 0 aliphatic rings. The molecule has 4 amide bonds. The van der Waals surface area contributed by atoms with E-state index >= 15 is 0 Å². The van der Waals surface area contributed by atoms with Crippen LogP contribution in [-0.2, 0) is 9.59 Å². The number of carbonyl (C=O) groups excluding carboxylic acids is 3. The second kappa shape index (κ2) is 22.9. The number of urea groups is 1. The van der Waals surface area contributed by atoms with Crippen molar-refractivity contribution in [2.75, 3.05) is 0 Å². The molecule has 0 aromatic carbocycles. The summed E-state index contributed by atoms with van der Waals surface area (Å²) < 4.78 is 0. The lowest BCUT2D eigenvalue weighted by atomic mass is 10.6. The van der Waals surface area contributed by atoms with Gasteiger partial charge in [0.1, 0.15) is 0 Å². The monoisotopic (exact) mass is 230 g/mol. The lowest BCUT2D eigenvalue weighted by Crippen LogP contribution is -2.18. The van der Waals surface area contributed by atoms with Gasteiger partial charge in [0.25, 0.3) is 0 Å². The summed E-state index contributed by atoms with van der Waals surface area (Å²) in [6, 6.07) is -0.833. The fourth-order valence-corrected chi connectivity index (χ4v) is 0. The number of primary amides is 4. The van der Waals surface area contributed by atoms with Crippen molar-refractivity contribution in [2.24, 2.45) is 22.9 Å². The molecule has 16 heavy (non-hydrogen) atoms. The number of hydrogen-bond donors (Lipinski definition) is 4. The van der Waals surface area contributed by atoms with Gasteiger partial charge in [-0.1, -0.05) is 13.2 Å². The molecule has 8 N–H and O–H groups in total. The minimum atomic E-state index is -0.833. The molecule has 0 saturated heterocycles. The average molecular weight is 230 g/mol. The van der Waals surface area contributed by atoms with E-state index in [2.05, 4.69) is 49.3 Å². The fourth-order valence-electron chi connectivity index (χ4n) is 0. The molecule has 0 atom stereocenters. The SMILES string of the molecule is C=C.C=CC(N)=O.C=CC(N)=O.NC(N)=O. The molecule has 0 heterocycles. The quantitative estimate of drug-likeness (QED) is 0.360. The highest BCUT2D eigenvalue weighted by Gasteiger charge is 1.70. The maximum absolute atomic E-state index is 9.47. The van der Waals surface area contributed by atoms with E-state index < -0.39 is 17.8 Å². The molecule has 92 valence electrons. The summed E-state index contributed by atoms with van der Waals surface area (Å²) in [4.78, 5) is 27.9. The Morgan fingerprint density at radius 2 is 0.812 bits per heavy atom. The predicted molar refractivity (Wildman–Crippen MR) is 63.8 cm³/mol. The lowest BCUT2D eigenvalue weighted by molar-refractivity contribution is -0.114. The molecule has 0 spiro atoms. The Kier molecular flexibility index (Phi) is 33.3. The summed E-state index contributed by atoms with van der Waals surface area (Å²) in [6.45, 7) is 12.2. The predicted octanol–water partition coefficient (Wildman–Crippen LogP) is -0.859. The Balaban J connectivity index is -0.0000000629. The van der Waals surface area contributed by atoms with Gasteiger partial charge in [0.2, 0.25) is 11.8 Å². The second-order valence-electron chi connectivity index (χ2n) is 1.62. The van der Waals surface area contributed by atoms with Crippen molar-refractivity contribution < 1.29 is 14.4 Å². The van der Waals surface area contributed by atoms with Crippen LogP contribution >= 0.6 is 0 Å². The van der Waals surface area contributed by atoms with Crippen molar-refractivity contribution >= 4 is 17.8 Å². The van der Waals surface area contributed by atoms with E-state index in [0.29, 0.717) is 0 Å². The first-order valence-electron chi connectivity index (χ1n) is 3.66. The lowest BCUT2D eigenvalue weighted by Gasteiger charge is -1.65. The van der Waals surface area contributed by atoms with Gasteiger partial charge in [-0.3, -0.25) is 9.59 Å². The Bertz CT molecular complexity index is 217. The van der Waals surface area contributed by atoms with E-state index in [4.69, 9.17) is 4.79 Å². The van der Waals surface area contributed by atoms with Crippen molar-refractivity contribution in [3.05, 3.63) is 38.5 Å². The number of hydrogen-bond acceptors (Lipinski definition) is 3.